The van der Waals surface area contributed by atoms with E-state index in [1.54, 1.807) is 35.9 Å². The van der Waals surface area contributed by atoms with Gasteiger partial charge in [-0.3, -0.25) is 14.2 Å². The molecule has 0 atom stereocenters. The Morgan fingerprint density at radius 3 is 2.43 bits per heavy atom. The Hall–Kier alpha value is -3.57. The lowest BCUT2D eigenvalue weighted by molar-refractivity contribution is -0.120. The highest BCUT2D eigenvalue weighted by Gasteiger charge is 2.22. The molecule has 0 aliphatic heterocycles. The van der Waals surface area contributed by atoms with E-state index >= 15 is 0 Å². The van der Waals surface area contributed by atoms with Crippen molar-refractivity contribution in [1.82, 2.24) is 9.88 Å². The van der Waals surface area contributed by atoms with Gasteiger partial charge in [-0.2, -0.15) is 0 Å². The molecule has 0 radical (unpaired) electrons. The van der Waals surface area contributed by atoms with E-state index in [9.17, 15) is 9.59 Å². The molecule has 1 heterocycles. The molecule has 0 bridgehead atoms. The van der Waals surface area contributed by atoms with Crippen LogP contribution in [0.4, 0.5) is 0 Å². The summed E-state index contributed by atoms with van der Waals surface area (Å²) in [5, 5.41) is 4.44. The molecule has 1 amide bonds. The maximum absolute atomic E-state index is 13.4. The van der Waals surface area contributed by atoms with E-state index in [4.69, 9.17) is 16.3 Å². The summed E-state index contributed by atoms with van der Waals surface area (Å²) in [5.74, 6) is 0.451. The van der Waals surface area contributed by atoms with Crippen LogP contribution in [0.25, 0.3) is 10.9 Å². The van der Waals surface area contributed by atoms with Crippen molar-refractivity contribution < 1.29 is 14.3 Å². The van der Waals surface area contributed by atoms with Crippen LogP contribution in [-0.2, 0) is 17.6 Å². The highest BCUT2D eigenvalue weighted by molar-refractivity contribution is 6.30. The molecule has 0 unspecified atom stereocenters. The van der Waals surface area contributed by atoms with Gasteiger partial charge in [0.05, 0.1) is 19.0 Å². The van der Waals surface area contributed by atoms with Crippen LogP contribution >= 0.6 is 11.6 Å². The highest BCUT2D eigenvalue weighted by atomic mass is 35.5. The van der Waals surface area contributed by atoms with Crippen molar-refractivity contribution in [3.8, 4) is 5.75 Å². The summed E-state index contributed by atoms with van der Waals surface area (Å²) in [6.07, 6.45) is 3.10. The molecule has 4 rings (SSSR count). The van der Waals surface area contributed by atoms with Crippen molar-refractivity contribution in [2.24, 2.45) is 0 Å². The normalized spacial score (nSPS) is 10.9. The van der Waals surface area contributed by atoms with Crippen LogP contribution in [0.5, 0.6) is 5.75 Å². The van der Waals surface area contributed by atoms with Crippen LogP contribution in [0.1, 0.15) is 40.0 Å². The molecule has 4 aromatic rings. The molecule has 180 valence electrons. The van der Waals surface area contributed by atoms with E-state index in [2.05, 4.69) is 17.4 Å². The minimum absolute atomic E-state index is 0.0615. The molecule has 0 saturated heterocycles. The van der Waals surface area contributed by atoms with Crippen molar-refractivity contribution in [3.05, 3.63) is 100 Å². The van der Waals surface area contributed by atoms with E-state index < -0.39 is 0 Å². The molecule has 1 N–H and O–H groups in total. The van der Waals surface area contributed by atoms with Gasteiger partial charge in [0.25, 0.3) is 5.91 Å². The minimum Gasteiger partial charge on any atom is -0.497 e. The van der Waals surface area contributed by atoms with E-state index in [1.807, 2.05) is 43.3 Å². The third kappa shape index (κ3) is 5.75. The molecule has 0 aliphatic carbocycles. The average Bonchev–Trinajstić information content (AvgIpc) is 3.14. The van der Waals surface area contributed by atoms with Crippen molar-refractivity contribution in [1.29, 1.82) is 0 Å². The number of ether oxygens (including phenoxy) is 1. The number of carbonyl (C=O) groups excluding carboxylic acids is 2. The number of aromatic nitrogens is 1. The predicted molar refractivity (Wildman–Crippen MR) is 141 cm³/mol. The van der Waals surface area contributed by atoms with Crippen molar-refractivity contribution in [2.45, 2.75) is 32.6 Å². The number of rotatable bonds is 9. The van der Waals surface area contributed by atoms with Crippen LogP contribution in [0.2, 0.25) is 5.02 Å². The first-order valence-corrected chi connectivity index (χ1v) is 12.1. The zero-order valence-corrected chi connectivity index (χ0v) is 20.8. The fourth-order valence-electron chi connectivity index (χ4n) is 4.35. The van der Waals surface area contributed by atoms with Crippen LogP contribution < -0.4 is 10.1 Å². The second-order valence-corrected chi connectivity index (χ2v) is 9.00. The van der Waals surface area contributed by atoms with Crippen molar-refractivity contribution in [2.75, 3.05) is 13.7 Å². The maximum Gasteiger partial charge on any atom is 0.262 e. The molecule has 0 fully saturated rings. The fourth-order valence-corrected chi connectivity index (χ4v) is 4.47. The van der Waals surface area contributed by atoms with Gasteiger partial charge in [0.15, 0.2) is 0 Å². The number of amides is 1. The zero-order chi connectivity index (χ0) is 24.8. The van der Waals surface area contributed by atoms with Crippen LogP contribution in [0.15, 0.2) is 72.8 Å². The molecule has 1 aromatic heterocycles. The largest absolute Gasteiger partial charge is 0.497 e. The Morgan fingerprint density at radius 1 is 0.971 bits per heavy atom. The summed E-state index contributed by atoms with van der Waals surface area (Å²) in [6, 6.07) is 22.7. The van der Waals surface area contributed by atoms with Gasteiger partial charge >= 0.3 is 0 Å². The maximum atomic E-state index is 13.4. The number of hydrogen-bond acceptors (Lipinski definition) is 3. The third-order valence-corrected chi connectivity index (χ3v) is 6.48. The smallest absolute Gasteiger partial charge is 0.262 e. The van der Waals surface area contributed by atoms with Crippen LogP contribution in [-0.4, -0.2) is 30.0 Å². The van der Waals surface area contributed by atoms with Gasteiger partial charge in [-0.25, -0.2) is 0 Å². The molecule has 3 aromatic carbocycles. The summed E-state index contributed by atoms with van der Waals surface area (Å²) in [5.41, 5.74) is 4.14. The number of hydrogen-bond donors (Lipinski definition) is 1. The summed E-state index contributed by atoms with van der Waals surface area (Å²) < 4.78 is 7.08. The molecule has 0 saturated carbocycles. The summed E-state index contributed by atoms with van der Waals surface area (Å²) in [7, 11) is 1.60. The van der Waals surface area contributed by atoms with E-state index in [0.717, 1.165) is 41.4 Å². The Kier molecular flexibility index (Phi) is 7.88. The monoisotopic (exact) mass is 488 g/mol. The number of nitrogens with one attached hydrogen (secondary N) is 1. The Labute approximate surface area is 210 Å². The first-order chi connectivity index (χ1) is 17.0. The van der Waals surface area contributed by atoms with Gasteiger partial charge in [0.1, 0.15) is 5.75 Å². The summed E-state index contributed by atoms with van der Waals surface area (Å²) in [4.78, 5) is 26.2. The van der Waals surface area contributed by atoms with E-state index in [0.29, 0.717) is 22.9 Å². The fraction of sp³-hybridized carbons (Fsp3) is 0.241. The van der Waals surface area contributed by atoms with E-state index in [1.165, 1.54) is 5.56 Å². The lowest BCUT2D eigenvalue weighted by atomic mass is 10.1. The highest BCUT2D eigenvalue weighted by Crippen LogP contribution is 2.31. The SMILES string of the molecule is COc1ccc2c(c1)c(CC(=O)NCCCCc1ccccc1)c(C)n2C(=O)c1ccc(Cl)cc1. The topological polar surface area (TPSA) is 60.3 Å². The second-order valence-electron chi connectivity index (χ2n) is 8.56. The number of aryl methyl sites for hydroxylation is 1. The lowest BCUT2D eigenvalue weighted by Crippen LogP contribution is -2.26. The molecule has 35 heavy (non-hydrogen) atoms. The number of fused-ring (bicyclic) bond motifs is 1. The van der Waals surface area contributed by atoms with Gasteiger partial charge in [0, 0.05) is 28.2 Å². The first kappa shape index (κ1) is 24.6. The molecular formula is C29H29ClN2O3. The molecule has 6 heteroatoms. The number of benzene rings is 3. The number of carbonyl (C=O) groups is 2. The van der Waals surface area contributed by atoms with Gasteiger partial charge in [-0.05, 0) is 79.8 Å². The second kappa shape index (κ2) is 11.2. The third-order valence-electron chi connectivity index (χ3n) is 6.23. The molecule has 0 aliphatic rings. The van der Waals surface area contributed by atoms with Crippen molar-refractivity contribution in [3.63, 3.8) is 0 Å². The Bertz CT molecular complexity index is 1330. The molecule has 5 nitrogen and oxygen atoms in total. The van der Waals surface area contributed by atoms with Gasteiger partial charge in [-0.15, -0.1) is 0 Å². The number of nitrogens with zero attached hydrogens (tertiary/aromatic N) is 1. The van der Waals surface area contributed by atoms with Crippen LogP contribution in [0, 0.1) is 6.92 Å². The number of methoxy groups -OCH3 is 1. The molecule has 0 spiro atoms. The molecular weight excluding hydrogens is 460 g/mol. The average molecular weight is 489 g/mol. The predicted octanol–water partition coefficient (Wildman–Crippen LogP) is 5.98. The van der Waals surface area contributed by atoms with Gasteiger partial charge < -0.3 is 10.1 Å². The van der Waals surface area contributed by atoms with Gasteiger partial charge in [0.2, 0.25) is 5.91 Å². The van der Waals surface area contributed by atoms with Crippen LogP contribution in [0.3, 0.4) is 0 Å². The standard InChI is InChI=1S/C29H29ClN2O3/c1-20-25(19-28(33)31-17-7-6-10-21-8-4-3-5-9-21)26-18-24(35-2)15-16-27(26)32(20)29(34)22-11-13-23(30)14-12-22/h3-5,8-9,11-16,18H,6-7,10,17,19H2,1-2H3,(H,31,33). The first-order valence-electron chi connectivity index (χ1n) is 11.8. The van der Waals surface area contributed by atoms with E-state index in [-0.39, 0.29) is 18.2 Å². The lowest BCUT2D eigenvalue weighted by Gasteiger charge is -2.08. The van der Waals surface area contributed by atoms with Gasteiger partial charge in [-0.1, -0.05) is 41.9 Å². The summed E-state index contributed by atoms with van der Waals surface area (Å²) in [6.45, 7) is 2.50. The Balaban J connectivity index is 1.50. The Morgan fingerprint density at radius 2 is 1.71 bits per heavy atom. The minimum atomic E-state index is -0.165. The summed E-state index contributed by atoms with van der Waals surface area (Å²) >= 11 is 6.00. The number of halogens is 1. The number of unbranched alkanes of at least 4 members (excludes halogenated alkanes) is 1. The van der Waals surface area contributed by atoms with Crippen molar-refractivity contribution >= 4 is 34.3 Å². The quantitative estimate of drug-likeness (QED) is 0.295. The zero-order valence-electron chi connectivity index (χ0n) is 20.0.